The van der Waals surface area contributed by atoms with Crippen LogP contribution in [0.4, 0.5) is 11.4 Å². The van der Waals surface area contributed by atoms with Crippen molar-refractivity contribution in [3.8, 4) is 5.75 Å². The average molecular weight is 284 g/mol. The first-order valence-corrected chi connectivity index (χ1v) is 6.79. The first kappa shape index (κ1) is 14.9. The summed E-state index contributed by atoms with van der Waals surface area (Å²) in [6.07, 6.45) is 0. The van der Waals surface area contributed by atoms with Crippen molar-refractivity contribution in [3.05, 3.63) is 53.1 Å². The van der Waals surface area contributed by atoms with Crippen LogP contribution >= 0.6 is 0 Å². The van der Waals surface area contributed by atoms with Gasteiger partial charge in [-0.2, -0.15) is 0 Å². The number of ether oxygens (including phenoxy) is 1. The Morgan fingerprint density at radius 2 is 1.62 bits per heavy atom. The second kappa shape index (κ2) is 6.31. The van der Waals surface area contributed by atoms with Crippen molar-refractivity contribution >= 4 is 17.3 Å². The van der Waals surface area contributed by atoms with Crippen molar-refractivity contribution in [2.75, 3.05) is 24.8 Å². The molecule has 0 saturated carbocycles. The number of aryl methyl sites for hydroxylation is 2. The van der Waals surface area contributed by atoms with Gasteiger partial charge in [-0.25, -0.2) is 0 Å². The molecule has 0 aliphatic heterocycles. The van der Waals surface area contributed by atoms with Crippen molar-refractivity contribution in [3.63, 3.8) is 0 Å². The van der Waals surface area contributed by atoms with Gasteiger partial charge in [0.05, 0.1) is 18.4 Å². The van der Waals surface area contributed by atoms with Gasteiger partial charge in [-0.15, -0.1) is 0 Å². The number of benzene rings is 2. The maximum atomic E-state index is 12.5. The zero-order valence-electron chi connectivity index (χ0n) is 12.8. The Morgan fingerprint density at radius 3 is 2.24 bits per heavy atom. The number of hydrogen-bond donors (Lipinski definition) is 2. The van der Waals surface area contributed by atoms with Crippen molar-refractivity contribution in [2.24, 2.45) is 0 Å². The molecule has 0 radical (unpaired) electrons. The first-order valence-electron chi connectivity index (χ1n) is 6.79. The first-order chi connectivity index (χ1) is 10.0. The van der Waals surface area contributed by atoms with Crippen molar-refractivity contribution < 1.29 is 9.53 Å². The molecule has 0 unspecified atom stereocenters. The summed E-state index contributed by atoms with van der Waals surface area (Å²) in [5, 5.41) is 5.96. The SMILES string of the molecule is CNc1cc(C)ccc1C(=O)Nc1cc(C)ccc1OC. The Balaban J connectivity index is 2.32. The van der Waals surface area contributed by atoms with E-state index in [2.05, 4.69) is 10.6 Å². The van der Waals surface area contributed by atoms with E-state index >= 15 is 0 Å². The van der Waals surface area contributed by atoms with Crippen LogP contribution in [0.2, 0.25) is 0 Å². The molecule has 21 heavy (non-hydrogen) atoms. The second-order valence-electron chi connectivity index (χ2n) is 4.96. The highest BCUT2D eigenvalue weighted by atomic mass is 16.5. The molecule has 2 N–H and O–H groups in total. The maximum Gasteiger partial charge on any atom is 0.257 e. The van der Waals surface area contributed by atoms with Crippen LogP contribution in [0.5, 0.6) is 5.75 Å². The fourth-order valence-corrected chi connectivity index (χ4v) is 2.17. The van der Waals surface area contributed by atoms with Crippen LogP contribution in [-0.2, 0) is 0 Å². The van der Waals surface area contributed by atoms with E-state index in [0.717, 1.165) is 16.8 Å². The molecule has 4 heteroatoms. The molecule has 0 aromatic heterocycles. The van der Waals surface area contributed by atoms with E-state index in [1.807, 2.05) is 50.2 Å². The van der Waals surface area contributed by atoms with Gasteiger partial charge in [0.2, 0.25) is 0 Å². The quantitative estimate of drug-likeness (QED) is 0.901. The van der Waals surface area contributed by atoms with Crippen molar-refractivity contribution in [2.45, 2.75) is 13.8 Å². The molecule has 0 atom stereocenters. The van der Waals surface area contributed by atoms with Gasteiger partial charge in [0.1, 0.15) is 5.75 Å². The monoisotopic (exact) mass is 284 g/mol. The molecular weight excluding hydrogens is 264 g/mol. The van der Waals surface area contributed by atoms with E-state index in [9.17, 15) is 4.79 Å². The van der Waals surface area contributed by atoms with Gasteiger partial charge in [-0.05, 0) is 49.2 Å². The number of hydrogen-bond acceptors (Lipinski definition) is 3. The Bertz CT molecular complexity index is 666. The van der Waals surface area contributed by atoms with Crippen LogP contribution in [0.3, 0.4) is 0 Å². The van der Waals surface area contributed by atoms with Gasteiger partial charge in [-0.1, -0.05) is 12.1 Å². The third-order valence-electron chi connectivity index (χ3n) is 3.29. The summed E-state index contributed by atoms with van der Waals surface area (Å²) >= 11 is 0. The van der Waals surface area contributed by atoms with Crippen LogP contribution in [-0.4, -0.2) is 20.1 Å². The highest BCUT2D eigenvalue weighted by Crippen LogP contribution is 2.27. The number of anilines is 2. The number of amides is 1. The summed E-state index contributed by atoms with van der Waals surface area (Å²) in [6.45, 7) is 3.96. The zero-order valence-corrected chi connectivity index (χ0v) is 12.8. The minimum absolute atomic E-state index is 0.164. The Labute approximate surface area is 125 Å². The molecule has 0 aliphatic carbocycles. The molecule has 0 saturated heterocycles. The molecule has 110 valence electrons. The molecule has 2 aromatic rings. The van der Waals surface area contributed by atoms with E-state index in [1.54, 1.807) is 14.2 Å². The Morgan fingerprint density at radius 1 is 1.00 bits per heavy atom. The van der Waals surface area contributed by atoms with E-state index in [0.29, 0.717) is 17.0 Å². The molecule has 4 nitrogen and oxygen atoms in total. The lowest BCUT2D eigenvalue weighted by molar-refractivity contribution is 0.102. The minimum atomic E-state index is -0.164. The normalized spacial score (nSPS) is 10.1. The van der Waals surface area contributed by atoms with E-state index < -0.39 is 0 Å². The number of rotatable bonds is 4. The number of carbonyl (C=O) groups excluding carboxylic acids is 1. The largest absolute Gasteiger partial charge is 0.495 e. The molecule has 2 rings (SSSR count). The summed E-state index contributed by atoms with van der Waals surface area (Å²) in [5.74, 6) is 0.482. The lowest BCUT2D eigenvalue weighted by atomic mass is 10.1. The third kappa shape index (κ3) is 3.34. The average Bonchev–Trinajstić information content (AvgIpc) is 2.47. The highest BCUT2D eigenvalue weighted by Gasteiger charge is 2.13. The number of methoxy groups -OCH3 is 1. The molecular formula is C17H20N2O2. The third-order valence-corrected chi connectivity index (χ3v) is 3.29. The fraction of sp³-hybridized carbons (Fsp3) is 0.235. The summed E-state index contributed by atoms with van der Waals surface area (Å²) in [7, 11) is 3.39. The number of nitrogens with one attached hydrogen (secondary N) is 2. The van der Waals surface area contributed by atoms with Gasteiger partial charge in [-0.3, -0.25) is 4.79 Å². The standard InChI is InChI=1S/C17H20N2O2/c1-11-5-7-13(14(9-11)18-3)17(20)19-15-10-12(2)6-8-16(15)21-4/h5-10,18H,1-4H3,(H,19,20). The van der Waals surface area contributed by atoms with Crippen LogP contribution in [0, 0.1) is 13.8 Å². The predicted molar refractivity (Wildman–Crippen MR) is 86.4 cm³/mol. The number of carbonyl (C=O) groups is 1. The van der Waals surface area contributed by atoms with Gasteiger partial charge >= 0.3 is 0 Å². The lowest BCUT2D eigenvalue weighted by Gasteiger charge is -2.13. The summed E-state index contributed by atoms with van der Waals surface area (Å²) in [5.41, 5.74) is 4.24. The van der Waals surface area contributed by atoms with E-state index in [4.69, 9.17) is 4.74 Å². The van der Waals surface area contributed by atoms with Crippen molar-refractivity contribution in [1.29, 1.82) is 0 Å². The molecule has 0 bridgehead atoms. The van der Waals surface area contributed by atoms with Crippen LogP contribution < -0.4 is 15.4 Å². The maximum absolute atomic E-state index is 12.5. The van der Waals surface area contributed by atoms with E-state index in [1.165, 1.54) is 0 Å². The highest BCUT2D eigenvalue weighted by molar-refractivity contribution is 6.08. The molecule has 0 spiro atoms. The van der Waals surface area contributed by atoms with Gasteiger partial charge in [0.15, 0.2) is 0 Å². The topological polar surface area (TPSA) is 50.4 Å². The second-order valence-corrected chi connectivity index (χ2v) is 4.96. The summed E-state index contributed by atoms with van der Waals surface area (Å²) in [4.78, 5) is 12.5. The van der Waals surface area contributed by atoms with Gasteiger partial charge in [0.25, 0.3) is 5.91 Å². The molecule has 2 aromatic carbocycles. The Hall–Kier alpha value is -2.49. The minimum Gasteiger partial charge on any atom is -0.495 e. The Kier molecular flexibility index (Phi) is 4.48. The lowest BCUT2D eigenvalue weighted by Crippen LogP contribution is -2.14. The fourth-order valence-electron chi connectivity index (χ4n) is 2.17. The molecule has 0 fully saturated rings. The zero-order chi connectivity index (χ0) is 15.4. The van der Waals surface area contributed by atoms with Crippen LogP contribution in [0.1, 0.15) is 21.5 Å². The van der Waals surface area contributed by atoms with Crippen LogP contribution in [0.25, 0.3) is 0 Å². The molecule has 1 amide bonds. The smallest absolute Gasteiger partial charge is 0.257 e. The predicted octanol–water partition coefficient (Wildman–Crippen LogP) is 3.61. The van der Waals surface area contributed by atoms with Gasteiger partial charge in [0, 0.05) is 12.7 Å². The van der Waals surface area contributed by atoms with Gasteiger partial charge < -0.3 is 15.4 Å². The van der Waals surface area contributed by atoms with Crippen LogP contribution in [0.15, 0.2) is 36.4 Å². The van der Waals surface area contributed by atoms with E-state index in [-0.39, 0.29) is 5.91 Å². The van der Waals surface area contributed by atoms with Crippen molar-refractivity contribution in [1.82, 2.24) is 0 Å². The molecule has 0 heterocycles. The summed E-state index contributed by atoms with van der Waals surface area (Å²) in [6, 6.07) is 11.4. The molecule has 0 aliphatic rings. The summed E-state index contributed by atoms with van der Waals surface area (Å²) < 4.78 is 5.28.